The Morgan fingerprint density at radius 3 is 2.63 bits per heavy atom. The number of carbonyl (C=O) groups excluding carboxylic acids is 3. The largest absolute Gasteiger partial charge is 1.00 e. The number of ether oxygens (including phenoxy) is 1. The van der Waals surface area contributed by atoms with E-state index < -0.39 is 40.2 Å². The number of β-lactam (4-membered cyclic amide) rings is 1. The summed E-state index contributed by atoms with van der Waals surface area (Å²) in [6.45, 7) is 2.13. The third-order valence-corrected chi connectivity index (χ3v) is 5.31. The molecule has 1 aromatic heterocycles. The van der Waals surface area contributed by atoms with Crippen molar-refractivity contribution in [1.29, 1.82) is 0 Å². The fourth-order valence-corrected chi connectivity index (χ4v) is 3.70. The van der Waals surface area contributed by atoms with Crippen LogP contribution in [0.4, 0.5) is 5.13 Å². The molecule has 0 unspecified atom stereocenters. The molecule has 1 saturated heterocycles. The van der Waals surface area contributed by atoms with Crippen molar-refractivity contribution in [3.8, 4) is 0 Å². The van der Waals surface area contributed by atoms with Gasteiger partial charge >= 0.3 is 35.5 Å². The normalized spacial score (nSPS) is 18.8. The van der Waals surface area contributed by atoms with E-state index in [0.29, 0.717) is 6.42 Å². The molecule has 160 valence electrons. The van der Waals surface area contributed by atoms with Gasteiger partial charge in [-0.25, -0.2) is 22.5 Å². The number of carbonyl (C=O) groups is 3. The summed E-state index contributed by atoms with van der Waals surface area (Å²) >= 11 is 1.03. The molecule has 1 fully saturated rings. The minimum atomic E-state index is -5.28. The molecule has 2 heterocycles. The van der Waals surface area contributed by atoms with Gasteiger partial charge in [0.25, 0.3) is 11.8 Å². The van der Waals surface area contributed by atoms with Gasteiger partial charge in [0, 0.05) is 5.38 Å². The smallest absolute Gasteiger partial charge is 0.731 e. The Balaban J connectivity index is 0.00000450. The van der Waals surface area contributed by atoms with Gasteiger partial charge in [0.1, 0.15) is 18.3 Å². The van der Waals surface area contributed by atoms with E-state index in [1.165, 1.54) is 5.38 Å². The predicted octanol–water partition coefficient (Wildman–Crippen LogP) is -4.42. The standard InChI is InChI=1S/C14H19N5O8S2.Na/c1-3-4-5-27-18-8(7-6-28-14(15)16-7)11(20)17-9-10(13(22)26-2)19(12(9)21)29(23,24)25;/h6,9-10H,3-5H2,1-2H3,(H2,15,16)(H,17,20)(H,23,24,25);/q;+1/p-1/b18-8-;/t9-,10-;/m1./s1. The number of hydrogen-bond donors (Lipinski definition) is 2. The number of oxime groups is 1. The summed E-state index contributed by atoms with van der Waals surface area (Å²) in [5, 5.41) is 7.44. The van der Waals surface area contributed by atoms with Crippen LogP contribution in [0.5, 0.6) is 0 Å². The van der Waals surface area contributed by atoms with Gasteiger partial charge in [-0.15, -0.1) is 11.3 Å². The van der Waals surface area contributed by atoms with Gasteiger partial charge in [0.15, 0.2) is 27.2 Å². The van der Waals surface area contributed by atoms with Crippen LogP contribution in [0.2, 0.25) is 0 Å². The first-order valence-electron chi connectivity index (χ1n) is 8.20. The average molecular weight is 471 g/mol. The maximum atomic E-state index is 12.6. The molecule has 0 radical (unpaired) electrons. The molecule has 0 spiro atoms. The molecular weight excluding hydrogens is 453 g/mol. The Kier molecular flexibility index (Phi) is 9.64. The van der Waals surface area contributed by atoms with E-state index in [2.05, 4.69) is 20.2 Å². The second-order valence-corrected chi connectivity index (χ2v) is 7.85. The van der Waals surface area contributed by atoms with Gasteiger partial charge in [-0.1, -0.05) is 18.5 Å². The van der Waals surface area contributed by atoms with E-state index in [-0.39, 0.29) is 57.0 Å². The Hall–Kier alpha value is -1.78. The quantitative estimate of drug-likeness (QED) is 0.0675. The Morgan fingerprint density at radius 2 is 2.13 bits per heavy atom. The molecule has 0 saturated carbocycles. The first-order chi connectivity index (χ1) is 13.6. The van der Waals surface area contributed by atoms with Crippen LogP contribution in [0.3, 0.4) is 0 Å². The molecule has 30 heavy (non-hydrogen) atoms. The third-order valence-electron chi connectivity index (χ3n) is 3.75. The summed E-state index contributed by atoms with van der Waals surface area (Å²) < 4.78 is 37.8. The molecule has 0 aromatic carbocycles. The number of thiazole rings is 1. The topological polar surface area (TPSA) is 193 Å². The fourth-order valence-electron chi connectivity index (χ4n) is 2.33. The summed E-state index contributed by atoms with van der Waals surface area (Å²) in [5.74, 6) is -3.46. The number of aromatic nitrogens is 1. The Bertz CT molecular complexity index is 935. The van der Waals surface area contributed by atoms with Gasteiger partial charge in [-0.3, -0.25) is 9.59 Å². The predicted molar refractivity (Wildman–Crippen MR) is 98.2 cm³/mol. The zero-order valence-electron chi connectivity index (χ0n) is 16.4. The molecule has 0 bridgehead atoms. The van der Waals surface area contributed by atoms with Crippen LogP contribution in [-0.2, 0) is 34.3 Å². The third kappa shape index (κ3) is 5.89. The van der Waals surface area contributed by atoms with Crippen LogP contribution in [0.25, 0.3) is 0 Å². The van der Waals surface area contributed by atoms with Gasteiger partial charge in [0.2, 0.25) is 0 Å². The number of nitrogen functional groups attached to an aromatic ring is 1. The number of nitrogens with zero attached hydrogens (tertiary/aromatic N) is 3. The Morgan fingerprint density at radius 1 is 1.47 bits per heavy atom. The van der Waals surface area contributed by atoms with E-state index in [4.69, 9.17) is 10.6 Å². The molecule has 16 heteroatoms. The summed E-state index contributed by atoms with van der Waals surface area (Å²) in [6.07, 6.45) is 1.48. The summed E-state index contributed by atoms with van der Waals surface area (Å²) in [7, 11) is -4.34. The first kappa shape index (κ1) is 26.3. The first-order valence-corrected chi connectivity index (χ1v) is 10.4. The molecule has 2 rings (SSSR count). The van der Waals surface area contributed by atoms with Crippen LogP contribution >= 0.6 is 11.3 Å². The summed E-state index contributed by atoms with van der Waals surface area (Å²) in [5.41, 5.74) is 5.27. The van der Waals surface area contributed by atoms with Gasteiger partial charge in [0.05, 0.1) is 7.11 Å². The second-order valence-electron chi connectivity index (χ2n) is 5.71. The van der Waals surface area contributed by atoms with E-state index in [9.17, 15) is 27.4 Å². The SMILES string of the molecule is CCCCO/N=C(\C(=O)N[C@H]1C(=O)N(S(=O)(=O)[O-])[C@H]1C(=O)OC)c1csc(N)n1.[Na+]. The summed E-state index contributed by atoms with van der Waals surface area (Å²) in [4.78, 5) is 45.5. The van der Waals surface area contributed by atoms with Crippen molar-refractivity contribution in [2.75, 3.05) is 19.5 Å². The minimum Gasteiger partial charge on any atom is -0.731 e. The van der Waals surface area contributed by atoms with Crippen LogP contribution in [-0.4, -0.2) is 71.6 Å². The molecule has 2 amide bonds. The molecule has 13 nitrogen and oxygen atoms in total. The van der Waals surface area contributed by atoms with Crippen LogP contribution in [0, 0.1) is 0 Å². The Labute approximate surface area is 198 Å². The van der Waals surface area contributed by atoms with E-state index >= 15 is 0 Å². The van der Waals surface area contributed by atoms with Gasteiger partial charge < -0.3 is 25.2 Å². The monoisotopic (exact) mass is 471 g/mol. The van der Waals surface area contributed by atoms with Crippen LogP contribution in [0.15, 0.2) is 10.5 Å². The fraction of sp³-hybridized carbons (Fsp3) is 0.500. The number of nitrogens with two attached hydrogens (primary N) is 1. The van der Waals surface area contributed by atoms with Crippen molar-refractivity contribution >= 4 is 50.3 Å². The second kappa shape index (κ2) is 11.0. The van der Waals surface area contributed by atoms with Crippen molar-refractivity contribution in [3.63, 3.8) is 0 Å². The number of unbranched alkanes of at least 4 members (excludes halogenated alkanes) is 1. The maximum absolute atomic E-state index is 12.6. The van der Waals surface area contributed by atoms with E-state index in [0.717, 1.165) is 24.9 Å². The molecule has 0 aliphatic carbocycles. The zero-order chi connectivity index (χ0) is 21.8. The van der Waals surface area contributed by atoms with Crippen molar-refractivity contribution < 1.29 is 66.5 Å². The van der Waals surface area contributed by atoms with Crippen molar-refractivity contribution in [3.05, 3.63) is 11.1 Å². The maximum Gasteiger partial charge on any atom is 1.00 e. The molecule has 3 N–H and O–H groups in total. The number of nitrogens with one attached hydrogen (secondary N) is 1. The van der Waals surface area contributed by atoms with E-state index in [1.807, 2.05) is 6.92 Å². The van der Waals surface area contributed by atoms with Crippen molar-refractivity contribution in [2.24, 2.45) is 5.16 Å². The van der Waals surface area contributed by atoms with Crippen molar-refractivity contribution in [1.82, 2.24) is 14.6 Å². The number of methoxy groups -OCH3 is 1. The average Bonchev–Trinajstić information content (AvgIpc) is 3.07. The number of hydrogen-bond acceptors (Lipinski definition) is 12. The van der Waals surface area contributed by atoms with Crippen molar-refractivity contribution in [2.45, 2.75) is 31.8 Å². The number of rotatable bonds is 9. The molecule has 1 aromatic rings. The molecule has 1 aliphatic heterocycles. The molecule has 2 atom stereocenters. The summed E-state index contributed by atoms with van der Waals surface area (Å²) in [6, 6.07) is -3.47. The number of amides is 2. The molecular formula is C14H18N5NaO8S2. The molecule has 1 aliphatic rings. The minimum absolute atomic E-state index is 0. The van der Waals surface area contributed by atoms with Gasteiger partial charge in [-0.05, 0) is 6.42 Å². The van der Waals surface area contributed by atoms with Crippen LogP contribution in [0.1, 0.15) is 25.5 Å². The van der Waals surface area contributed by atoms with Gasteiger partial charge in [-0.2, -0.15) is 0 Å². The zero-order valence-corrected chi connectivity index (χ0v) is 20.0. The number of anilines is 1. The van der Waals surface area contributed by atoms with Crippen LogP contribution < -0.4 is 40.6 Å². The number of esters is 1. The van der Waals surface area contributed by atoms with E-state index in [1.54, 1.807) is 0 Å².